The number of aromatic nitrogens is 1. The van der Waals surface area contributed by atoms with Gasteiger partial charge in [0.05, 0.1) is 32.2 Å². The molecule has 1 fully saturated rings. The Kier molecular flexibility index (Phi) is 5.54. The third kappa shape index (κ3) is 4.38. The maximum atomic E-state index is 12.5. The average Bonchev–Trinajstić information content (AvgIpc) is 3.27. The van der Waals surface area contributed by atoms with E-state index in [9.17, 15) is 4.79 Å². The molecule has 1 saturated heterocycles. The van der Waals surface area contributed by atoms with E-state index in [4.69, 9.17) is 4.74 Å². The van der Waals surface area contributed by atoms with Crippen molar-refractivity contribution in [2.24, 2.45) is 0 Å². The minimum Gasteiger partial charge on any atom is -0.373 e. The van der Waals surface area contributed by atoms with Crippen LogP contribution < -0.4 is 5.32 Å². The second-order valence-corrected chi connectivity index (χ2v) is 9.04. The Hall–Kier alpha value is -1.80. The lowest BCUT2D eigenvalue weighted by atomic mass is 10.2. The number of amides is 1. The van der Waals surface area contributed by atoms with E-state index in [0.717, 1.165) is 39.9 Å². The van der Waals surface area contributed by atoms with Gasteiger partial charge in [0.1, 0.15) is 5.01 Å². The highest BCUT2D eigenvalue weighted by Gasteiger charge is 2.22. The summed E-state index contributed by atoms with van der Waals surface area (Å²) in [6, 6.07) is 12.0. The molecule has 4 rings (SSSR count). The normalized spacial score (nSPS) is 20.8. The molecule has 2 atom stereocenters. The van der Waals surface area contributed by atoms with Gasteiger partial charge in [0, 0.05) is 26.2 Å². The van der Waals surface area contributed by atoms with Crippen molar-refractivity contribution in [2.45, 2.75) is 26.1 Å². The molecule has 1 aliphatic heterocycles. The van der Waals surface area contributed by atoms with Gasteiger partial charge in [-0.3, -0.25) is 9.69 Å². The third-order valence-corrected chi connectivity index (χ3v) is 6.83. The Morgan fingerprint density at radius 2 is 1.96 bits per heavy atom. The van der Waals surface area contributed by atoms with Crippen LogP contribution in [0.4, 0.5) is 0 Å². The number of fused-ring (bicyclic) bond motifs is 1. The van der Waals surface area contributed by atoms with Crippen molar-refractivity contribution in [3.05, 3.63) is 41.3 Å². The third-order valence-electron chi connectivity index (χ3n) is 4.54. The predicted octanol–water partition coefficient (Wildman–Crippen LogP) is 3.86. The van der Waals surface area contributed by atoms with Crippen LogP contribution in [0.3, 0.4) is 0 Å². The molecule has 1 aliphatic rings. The number of hydrogen-bond acceptors (Lipinski definition) is 6. The minimum atomic E-state index is -0.0123. The molecule has 7 heteroatoms. The van der Waals surface area contributed by atoms with E-state index < -0.39 is 0 Å². The maximum Gasteiger partial charge on any atom is 0.261 e. The molecule has 142 valence electrons. The van der Waals surface area contributed by atoms with Crippen LogP contribution in [0.15, 0.2) is 36.4 Å². The van der Waals surface area contributed by atoms with Crippen LogP contribution in [0.5, 0.6) is 0 Å². The molecule has 3 aromatic rings. The average molecular weight is 402 g/mol. The molecule has 0 radical (unpaired) electrons. The summed E-state index contributed by atoms with van der Waals surface area (Å²) in [7, 11) is 0. The quantitative estimate of drug-likeness (QED) is 0.705. The van der Waals surface area contributed by atoms with E-state index in [1.807, 2.05) is 30.3 Å². The number of para-hydroxylation sites is 1. The number of carbonyl (C=O) groups is 1. The van der Waals surface area contributed by atoms with Gasteiger partial charge in [-0.2, -0.15) is 0 Å². The fraction of sp³-hybridized carbons (Fsp3) is 0.400. The standard InChI is InChI=1S/C20H23N3O2S2/c1-13-11-23(12-14(2)25-13)10-9-21-19(24)17-7-8-18(26-17)20-22-15-5-3-4-6-16(15)27-20/h3-8,13-14H,9-12H2,1-2H3,(H,21,24). The minimum absolute atomic E-state index is 0.0123. The van der Waals surface area contributed by atoms with Gasteiger partial charge >= 0.3 is 0 Å². The van der Waals surface area contributed by atoms with Gasteiger partial charge in [-0.25, -0.2) is 4.98 Å². The fourth-order valence-corrected chi connectivity index (χ4v) is 5.38. The molecule has 3 heterocycles. The highest BCUT2D eigenvalue weighted by atomic mass is 32.1. The van der Waals surface area contributed by atoms with E-state index >= 15 is 0 Å². The Balaban J connectivity index is 1.34. The molecule has 5 nitrogen and oxygen atoms in total. The summed E-state index contributed by atoms with van der Waals surface area (Å²) in [6.07, 6.45) is 0.497. The summed E-state index contributed by atoms with van der Waals surface area (Å²) in [5.41, 5.74) is 1.01. The van der Waals surface area contributed by atoms with E-state index in [-0.39, 0.29) is 18.1 Å². The zero-order valence-corrected chi connectivity index (χ0v) is 17.1. The largest absolute Gasteiger partial charge is 0.373 e. The van der Waals surface area contributed by atoms with Crippen LogP contribution in [-0.4, -0.2) is 54.2 Å². The van der Waals surface area contributed by atoms with Crippen LogP contribution >= 0.6 is 22.7 Å². The van der Waals surface area contributed by atoms with Gasteiger partial charge in [-0.1, -0.05) is 12.1 Å². The maximum absolute atomic E-state index is 12.5. The first-order valence-corrected chi connectivity index (χ1v) is 10.8. The van der Waals surface area contributed by atoms with Crippen LogP contribution in [-0.2, 0) is 4.74 Å². The first kappa shape index (κ1) is 18.6. The summed E-state index contributed by atoms with van der Waals surface area (Å²) in [5, 5.41) is 4.01. The number of carbonyl (C=O) groups excluding carboxylic acids is 1. The Morgan fingerprint density at radius 3 is 2.74 bits per heavy atom. The van der Waals surface area contributed by atoms with Crippen molar-refractivity contribution in [2.75, 3.05) is 26.2 Å². The Bertz CT molecular complexity index is 893. The lowest BCUT2D eigenvalue weighted by molar-refractivity contribution is -0.0672. The molecular formula is C20H23N3O2S2. The van der Waals surface area contributed by atoms with Crippen molar-refractivity contribution in [3.63, 3.8) is 0 Å². The van der Waals surface area contributed by atoms with Crippen molar-refractivity contribution in [1.82, 2.24) is 15.2 Å². The number of thiophene rings is 1. The number of nitrogens with zero attached hydrogens (tertiary/aromatic N) is 2. The highest BCUT2D eigenvalue weighted by molar-refractivity contribution is 7.26. The van der Waals surface area contributed by atoms with Crippen molar-refractivity contribution in [1.29, 1.82) is 0 Å². The molecule has 1 amide bonds. The van der Waals surface area contributed by atoms with Crippen molar-refractivity contribution < 1.29 is 9.53 Å². The SMILES string of the molecule is CC1CN(CCNC(=O)c2ccc(-c3nc4ccccc4s3)s2)CC(C)O1. The molecule has 2 aromatic heterocycles. The van der Waals surface area contributed by atoms with Gasteiger partial charge < -0.3 is 10.1 Å². The summed E-state index contributed by atoms with van der Waals surface area (Å²) >= 11 is 3.16. The molecule has 1 N–H and O–H groups in total. The van der Waals surface area contributed by atoms with E-state index in [1.165, 1.54) is 16.0 Å². The van der Waals surface area contributed by atoms with Gasteiger partial charge in [0.15, 0.2) is 0 Å². The smallest absolute Gasteiger partial charge is 0.261 e. The number of morpholine rings is 1. The fourth-order valence-electron chi connectivity index (χ4n) is 3.43. The van der Waals surface area contributed by atoms with Crippen molar-refractivity contribution in [3.8, 4) is 9.88 Å². The molecule has 0 spiro atoms. The Morgan fingerprint density at radius 1 is 1.19 bits per heavy atom. The van der Waals surface area contributed by atoms with Gasteiger partial charge in [0.2, 0.25) is 0 Å². The molecule has 0 aliphatic carbocycles. The van der Waals surface area contributed by atoms with Crippen LogP contribution in [0, 0.1) is 0 Å². The zero-order valence-electron chi connectivity index (χ0n) is 15.5. The van der Waals surface area contributed by atoms with Crippen LogP contribution in [0.1, 0.15) is 23.5 Å². The van der Waals surface area contributed by atoms with Crippen LogP contribution in [0.25, 0.3) is 20.1 Å². The van der Waals surface area contributed by atoms with Gasteiger partial charge in [0.25, 0.3) is 5.91 Å². The number of hydrogen-bond donors (Lipinski definition) is 1. The topological polar surface area (TPSA) is 54.5 Å². The monoisotopic (exact) mass is 401 g/mol. The molecular weight excluding hydrogens is 378 g/mol. The van der Waals surface area contributed by atoms with E-state index in [0.29, 0.717) is 6.54 Å². The lowest BCUT2D eigenvalue weighted by Crippen LogP contribution is -2.47. The molecule has 0 bridgehead atoms. The summed E-state index contributed by atoms with van der Waals surface area (Å²) < 4.78 is 6.91. The van der Waals surface area contributed by atoms with Crippen molar-refractivity contribution >= 4 is 38.8 Å². The van der Waals surface area contributed by atoms with Gasteiger partial charge in [-0.05, 0) is 38.1 Å². The molecule has 27 heavy (non-hydrogen) atoms. The summed E-state index contributed by atoms with van der Waals surface area (Å²) in [5.74, 6) is -0.0123. The van der Waals surface area contributed by atoms with E-state index in [1.54, 1.807) is 11.3 Å². The summed E-state index contributed by atoms with van der Waals surface area (Å²) in [6.45, 7) is 7.52. The Labute approximate surface area is 167 Å². The second-order valence-electron chi connectivity index (χ2n) is 6.92. The zero-order chi connectivity index (χ0) is 18.8. The predicted molar refractivity (Wildman–Crippen MR) is 112 cm³/mol. The highest BCUT2D eigenvalue weighted by Crippen LogP contribution is 2.34. The first-order valence-electron chi connectivity index (χ1n) is 9.20. The first-order chi connectivity index (χ1) is 13.1. The second kappa shape index (κ2) is 8.06. The van der Waals surface area contributed by atoms with Crippen LogP contribution in [0.2, 0.25) is 0 Å². The number of thiazole rings is 1. The summed E-state index contributed by atoms with van der Waals surface area (Å²) in [4.78, 5) is 21.3. The van der Waals surface area contributed by atoms with E-state index in [2.05, 4.69) is 35.1 Å². The number of rotatable bonds is 5. The number of nitrogens with one attached hydrogen (secondary N) is 1. The molecule has 1 aromatic carbocycles. The number of ether oxygens (including phenoxy) is 1. The van der Waals surface area contributed by atoms with Gasteiger partial charge in [-0.15, -0.1) is 22.7 Å². The number of benzene rings is 1. The lowest BCUT2D eigenvalue weighted by Gasteiger charge is -2.35. The molecule has 2 unspecified atom stereocenters. The molecule has 0 saturated carbocycles.